The molecule has 11 heavy (non-hydrogen) atoms. The Morgan fingerprint density at radius 3 is 2.82 bits per heavy atom. The monoisotopic (exact) mass is 156 g/mol. The Balaban J connectivity index is 2.39. The molecule has 0 aromatic rings. The number of carbonyl (C=O) groups is 1. The fourth-order valence-corrected chi connectivity index (χ4v) is 1.67. The third-order valence-electron chi connectivity index (χ3n) is 2.33. The second-order valence-electron chi connectivity index (χ2n) is 3.24. The van der Waals surface area contributed by atoms with Gasteiger partial charge in [0.25, 0.3) is 0 Å². The van der Waals surface area contributed by atoms with Gasteiger partial charge in [-0.1, -0.05) is 6.42 Å². The van der Waals surface area contributed by atoms with E-state index in [4.69, 9.17) is 5.73 Å². The molecule has 0 bridgehead atoms. The molecule has 3 heteroatoms. The highest BCUT2D eigenvalue weighted by Gasteiger charge is 2.23. The summed E-state index contributed by atoms with van der Waals surface area (Å²) in [5.74, 6) is 0.323. The second-order valence-corrected chi connectivity index (χ2v) is 3.24. The lowest BCUT2D eigenvalue weighted by molar-refractivity contribution is -0.125. The predicted molar refractivity (Wildman–Crippen MR) is 44.0 cm³/mol. The molecule has 64 valence electrons. The first-order chi connectivity index (χ1) is 5.24. The van der Waals surface area contributed by atoms with E-state index in [9.17, 15) is 4.79 Å². The molecule has 0 saturated heterocycles. The number of nitrogens with two attached hydrogens (primary N) is 1. The van der Waals surface area contributed by atoms with Crippen molar-refractivity contribution in [2.75, 3.05) is 7.05 Å². The molecule has 0 radical (unpaired) electrons. The van der Waals surface area contributed by atoms with Crippen LogP contribution in [0.1, 0.15) is 25.7 Å². The van der Waals surface area contributed by atoms with Gasteiger partial charge in [-0.15, -0.1) is 0 Å². The Morgan fingerprint density at radius 2 is 2.27 bits per heavy atom. The molecule has 1 aliphatic rings. The van der Waals surface area contributed by atoms with Crippen LogP contribution in [0.25, 0.3) is 0 Å². The van der Waals surface area contributed by atoms with Crippen molar-refractivity contribution in [1.82, 2.24) is 5.32 Å². The summed E-state index contributed by atoms with van der Waals surface area (Å²) in [6, 6.07) is 0.242. The SMILES string of the molecule is CNC(=O)[C@@H]1CCC[C@H](N)C1. The van der Waals surface area contributed by atoms with E-state index in [0.717, 1.165) is 25.7 Å². The van der Waals surface area contributed by atoms with E-state index in [-0.39, 0.29) is 17.9 Å². The summed E-state index contributed by atoms with van der Waals surface area (Å²) < 4.78 is 0. The molecule has 1 amide bonds. The number of hydrogen-bond donors (Lipinski definition) is 2. The molecule has 1 rings (SSSR count). The number of hydrogen-bond acceptors (Lipinski definition) is 2. The number of nitrogens with one attached hydrogen (secondary N) is 1. The summed E-state index contributed by atoms with van der Waals surface area (Å²) in [6.45, 7) is 0. The number of amides is 1. The molecule has 0 unspecified atom stereocenters. The second kappa shape index (κ2) is 3.72. The first kappa shape index (κ1) is 8.53. The van der Waals surface area contributed by atoms with E-state index in [1.807, 2.05) is 0 Å². The highest BCUT2D eigenvalue weighted by Crippen LogP contribution is 2.22. The molecule has 0 aromatic heterocycles. The number of carbonyl (C=O) groups excluding carboxylic acids is 1. The molecule has 1 fully saturated rings. The minimum Gasteiger partial charge on any atom is -0.359 e. The van der Waals surface area contributed by atoms with E-state index < -0.39 is 0 Å². The van der Waals surface area contributed by atoms with E-state index in [0.29, 0.717) is 0 Å². The zero-order valence-corrected chi connectivity index (χ0v) is 6.97. The lowest BCUT2D eigenvalue weighted by Crippen LogP contribution is -2.36. The van der Waals surface area contributed by atoms with Crippen LogP contribution in [0.2, 0.25) is 0 Å². The van der Waals surface area contributed by atoms with Crippen molar-refractivity contribution < 1.29 is 4.79 Å². The average molecular weight is 156 g/mol. The van der Waals surface area contributed by atoms with Gasteiger partial charge in [-0.3, -0.25) is 4.79 Å². The van der Waals surface area contributed by atoms with E-state index in [1.165, 1.54) is 0 Å². The van der Waals surface area contributed by atoms with Gasteiger partial charge in [-0.25, -0.2) is 0 Å². The topological polar surface area (TPSA) is 55.1 Å². The summed E-state index contributed by atoms with van der Waals surface area (Å²) in [5, 5.41) is 2.66. The summed E-state index contributed by atoms with van der Waals surface area (Å²) in [4.78, 5) is 11.1. The molecule has 1 saturated carbocycles. The Kier molecular flexibility index (Phi) is 2.88. The Labute approximate surface area is 67.3 Å². The van der Waals surface area contributed by atoms with Crippen LogP contribution in [-0.4, -0.2) is 19.0 Å². The first-order valence-corrected chi connectivity index (χ1v) is 4.21. The van der Waals surface area contributed by atoms with Crippen molar-refractivity contribution in [2.24, 2.45) is 11.7 Å². The van der Waals surface area contributed by atoms with E-state index in [2.05, 4.69) is 5.32 Å². The van der Waals surface area contributed by atoms with Crippen LogP contribution in [0.4, 0.5) is 0 Å². The van der Waals surface area contributed by atoms with Gasteiger partial charge in [0.05, 0.1) is 0 Å². The lowest BCUT2D eigenvalue weighted by Gasteiger charge is -2.24. The van der Waals surface area contributed by atoms with Crippen LogP contribution in [-0.2, 0) is 4.79 Å². The first-order valence-electron chi connectivity index (χ1n) is 4.21. The minimum absolute atomic E-state index is 0.153. The Hall–Kier alpha value is -0.570. The average Bonchev–Trinajstić information content (AvgIpc) is 2.03. The highest BCUT2D eigenvalue weighted by molar-refractivity contribution is 5.78. The molecule has 3 N–H and O–H groups in total. The maximum atomic E-state index is 11.1. The van der Waals surface area contributed by atoms with Crippen molar-refractivity contribution in [1.29, 1.82) is 0 Å². The van der Waals surface area contributed by atoms with Crippen LogP contribution in [0, 0.1) is 5.92 Å². The fourth-order valence-electron chi connectivity index (χ4n) is 1.67. The molecule has 2 atom stereocenters. The summed E-state index contributed by atoms with van der Waals surface area (Å²) in [7, 11) is 1.68. The molecule has 1 aliphatic carbocycles. The Bertz CT molecular complexity index is 147. The summed E-state index contributed by atoms with van der Waals surface area (Å²) in [6.07, 6.45) is 4.04. The van der Waals surface area contributed by atoms with Gasteiger partial charge >= 0.3 is 0 Å². The van der Waals surface area contributed by atoms with Gasteiger partial charge < -0.3 is 11.1 Å². The molecule has 0 spiro atoms. The smallest absolute Gasteiger partial charge is 0.222 e. The summed E-state index contributed by atoms with van der Waals surface area (Å²) in [5.41, 5.74) is 5.74. The molecular formula is C8H16N2O. The normalized spacial score (nSPS) is 31.5. The Morgan fingerprint density at radius 1 is 1.55 bits per heavy atom. The largest absolute Gasteiger partial charge is 0.359 e. The van der Waals surface area contributed by atoms with E-state index in [1.54, 1.807) is 7.05 Å². The molecule has 0 aromatic carbocycles. The van der Waals surface area contributed by atoms with Crippen LogP contribution in [0.3, 0.4) is 0 Å². The van der Waals surface area contributed by atoms with Crippen LogP contribution < -0.4 is 11.1 Å². The fraction of sp³-hybridized carbons (Fsp3) is 0.875. The van der Waals surface area contributed by atoms with Crippen molar-refractivity contribution in [2.45, 2.75) is 31.7 Å². The molecular weight excluding hydrogens is 140 g/mol. The van der Waals surface area contributed by atoms with E-state index >= 15 is 0 Å². The van der Waals surface area contributed by atoms with Crippen molar-refractivity contribution in [3.8, 4) is 0 Å². The predicted octanol–water partition coefficient (Wildman–Crippen LogP) is 0.250. The quantitative estimate of drug-likeness (QED) is 0.571. The maximum Gasteiger partial charge on any atom is 0.222 e. The van der Waals surface area contributed by atoms with Crippen molar-refractivity contribution in [3.05, 3.63) is 0 Å². The van der Waals surface area contributed by atoms with Gasteiger partial charge in [-0.2, -0.15) is 0 Å². The zero-order valence-electron chi connectivity index (χ0n) is 6.97. The van der Waals surface area contributed by atoms with Crippen LogP contribution in [0.15, 0.2) is 0 Å². The molecule has 0 heterocycles. The standard InChI is InChI=1S/C8H16N2O/c1-10-8(11)6-3-2-4-7(9)5-6/h6-7H,2-5,9H2,1H3,(H,10,11)/t6-,7+/m1/s1. The minimum atomic E-state index is 0.153. The van der Waals surface area contributed by atoms with Gasteiger partial charge in [0.2, 0.25) is 5.91 Å². The zero-order chi connectivity index (χ0) is 8.27. The van der Waals surface area contributed by atoms with Gasteiger partial charge in [0, 0.05) is 19.0 Å². The van der Waals surface area contributed by atoms with Crippen LogP contribution >= 0.6 is 0 Å². The third kappa shape index (κ3) is 2.19. The third-order valence-corrected chi connectivity index (χ3v) is 2.33. The lowest BCUT2D eigenvalue weighted by atomic mass is 9.86. The molecule has 3 nitrogen and oxygen atoms in total. The summed E-state index contributed by atoms with van der Waals surface area (Å²) >= 11 is 0. The van der Waals surface area contributed by atoms with Gasteiger partial charge in [0.1, 0.15) is 0 Å². The van der Waals surface area contributed by atoms with Gasteiger partial charge in [0.15, 0.2) is 0 Å². The van der Waals surface area contributed by atoms with Crippen LogP contribution in [0.5, 0.6) is 0 Å². The molecule has 0 aliphatic heterocycles. The number of rotatable bonds is 1. The van der Waals surface area contributed by atoms with Crippen molar-refractivity contribution >= 4 is 5.91 Å². The van der Waals surface area contributed by atoms with Crippen molar-refractivity contribution in [3.63, 3.8) is 0 Å². The van der Waals surface area contributed by atoms with Gasteiger partial charge in [-0.05, 0) is 19.3 Å². The highest BCUT2D eigenvalue weighted by atomic mass is 16.1. The maximum absolute atomic E-state index is 11.1.